The van der Waals surface area contributed by atoms with Gasteiger partial charge in [0.1, 0.15) is 0 Å². The Labute approximate surface area is 127 Å². The molecule has 7 heteroatoms. The van der Waals surface area contributed by atoms with Crippen molar-refractivity contribution in [1.29, 1.82) is 0 Å². The summed E-state index contributed by atoms with van der Waals surface area (Å²) >= 11 is 1.32. The highest BCUT2D eigenvalue weighted by Gasteiger charge is 2.11. The molecule has 1 amide bonds. The van der Waals surface area contributed by atoms with E-state index in [1.165, 1.54) is 30.0 Å². The van der Waals surface area contributed by atoms with Crippen LogP contribution in [0.25, 0.3) is 0 Å². The van der Waals surface area contributed by atoms with Crippen LogP contribution in [0.4, 0.5) is 5.69 Å². The fourth-order valence-electron chi connectivity index (χ4n) is 1.71. The van der Waals surface area contributed by atoms with E-state index in [-0.39, 0.29) is 4.90 Å². The number of rotatable bonds is 4. The summed E-state index contributed by atoms with van der Waals surface area (Å²) in [7, 11) is -3.22. The highest BCUT2D eigenvalue weighted by Crippen LogP contribution is 2.32. The van der Waals surface area contributed by atoms with E-state index in [2.05, 4.69) is 0 Å². The lowest BCUT2D eigenvalue weighted by molar-refractivity contribution is 0.0997. The summed E-state index contributed by atoms with van der Waals surface area (Å²) in [6, 6.07) is 11.3. The van der Waals surface area contributed by atoms with Crippen molar-refractivity contribution in [2.75, 3.05) is 12.0 Å². The summed E-state index contributed by atoms with van der Waals surface area (Å²) in [6.45, 7) is 0. The monoisotopic (exact) mass is 322 g/mol. The zero-order valence-electron chi connectivity index (χ0n) is 11.2. The predicted octanol–water partition coefficient (Wildman–Crippen LogP) is 1.92. The summed E-state index contributed by atoms with van der Waals surface area (Å²) in [4.78, 5) is 13.1. The third kappa shape index (κ3) is 3.77. The van der Waals surface area contributed by atoms with Crippen LogP contribution in [0.5, 0.6) is 0 Å². The molecule has 0 saturated carbocycles. The summed E-state index contributed by atoms with van der Waals surface area (Å²) in [5.74, 6) is -0.558. The second-order valence-corrected chi connectivity index (χ2v) is 7.60. The highest BCUT2D eigenvalue weighted by atomic mass is 32.2. The van der Waals surface area contributed by atoms with Crippen LogP contribution in [-0.2, 0) is 9.84 Å². The number of benzene rings is 2. The summed E-state index contributed by atoms with van der Waals surface area (Å²) < 4.78 is 22.8. The van der Waals surface area contributed by atoms with Crippen LogP contribution in [0, 0.1) is 0 Å². The Balaban J connectivity index is 2.33. The Bertz CT molecular complexity index is 784. The zero-order chi connectivity index (χ0) is 15.6. The number of anilines is 1. The minimum atomic E-state index is -3.22. The average molecular weight is 322 g/mol. The predicted molar refractivity (Wildman–Crippen MR) is 83.0 cm³/mol. The van der Waals surface area contributed by atoms with Gasteiger partial charge in [-0.25, -0.2) is 8.42 Å². The molecule has 0 aliphatic carbocycles. The number of amides is 1. The number of nitrogen functional groups attached to an aromatic ring is 1. The van der Waals surface area contributed by atoms with Gasteiger partial charge >= 0.3 is 0 Å². The first-order chi connectivity index (χ1) is 9.77. The molecule has 0 unspecified atom stereocenters. The van der Waals surface area contributed by atoms with Gasteiger partial charge in [-0.1, -0.05) is 11.8 Å². The second-order valence-electron chi connectivity index (χ2n) is 4.47. The van der Waals surface area contributed by atoms with E-state index >= 15 is 0 Å². The van der Waals surface area contributed by atoms with Crippen LogP contribution in [0.15, 0.2) is 57.2 Å². The molecule has 0 bridgehead atoms. The van der Waals surface area contributed by atoms with Crippen LogP contribution in [0.2, 0.25) is 0 Å². The van der Waals surface area contributed by atoms with Gasteiger partial charge in [0, 0.05) is 21.7 Å². The fourth-order valence-corrected chi connectivity index (χ4v) is 3.27. The first-order valence-corrected chi connectivity index (χ1v) is 8.65. The quantitative estimate of drug-likeness (QED) is 0.837. The third-order valence-corrected chi connectivity index (χ3v) is 4.96. The number of nitrogens with two attached hydrogens (primary N) is 2. The van der Waals surface area contributed by atoms with Gasteiger partial charge in [-0.3, -0.25) is 4.79 Å². The second kappa shape index (κ2) is 5.79. The number of hydrogen-bond donors (Lipinski definition) is 2. The molecule has 21 heavy (non-hydrogen) atoms. The lowest BCUT2D eigenvalue weighted by Crippen LogP contribution is -2.12. The maximum Gasteiger partial charge on any atom is 0.249 e. The van der Waals surface area contributed by atoms with Crippen molar-refractivity contribution in [3.8, 4) is 0 Å². The SMILES string of the molecule is CS(=O)(=O)c1ccc(Sc2ccc(N)cc2C(N)=O)cc1. The molecule has 5 nitrogen and oxygen atoms in total. The van der Waals surface area contributed by atoms with Crippen molar-refractivity contribution < 1.29 is 13.2 Å². The Morgan fingerprint density at radius 1 is 1.10 bits per heavy atom. The van der Waals surface area contributed by atoms with E-state index in [9.17, 15) is 13.2 Å². The first kappa shape index (κ1) is 15.4. The van der Waals surface area contributed by atoms with Crippen LogP contribution in [-0.4, -0.2) is 20.6 Å². The van der Waals surface area contributed by atoms with Crippen molar-refractivity contribution in [3.63, 3.8) is 0 Å². The molecule has 2 aromatic rings. The normalized spacial score (nSPS) is 11.3. The molecule has 0 spiro atoms. The molecule has 0 fully saturated rings. The molecule has 110 valence electrons. The number of carbonyl (C=O) groups is 1. The lowest BCUT2D eigenvalue weighted by Gasteiger charge is -2.08. The molecule has 0 radical (unpaired) electrons. The van der Waals surface area contributed by atoms with E-state index < -0.39 is 15.7 Å². The minimum absolute atomic E-state index is 0.249. The topological polar surface area (TPSA) is 103 Å². The maximum atomic E-state index is 11.4. The Morgan fingerprint density at radius 3 is 2.24 bits per heavy atom. The van der Waals surface area contributed by atoms with Gasteiger partial charge in [-0.05, 0) is 42.5 Å². The van der Waals surface area contributed by atoms with Crippen molar-refractivity contribution in [1.82, 2.24) is 0 Å². The summed E-state index contributed by atoms with van der Waals surface area (Å²) in [6.07, 6.45) is 1.15. The molecular weight excluding hydrogens is 308 g/mol. The van der Waals surface area contributed by atoms with E-state index in [1.54, 1.807) is 24.3 Å². The number of primary amides is 1. The molecule has 0 saturated heterocycles. The molecule has 4 N–H and O–H groups in total. The molecular formula is C14H14N2O3S2. The van der Waals surface area contributed by atoms with Crippen LogP contribution < -0.4 is 11.5 Å². The smallest absolute Gasteiger partial charge is 0.249 e. The van der Waals surface area contributed by atoms with Gasteiger partial charge < -0.3 is 11.5 Å². The zero-order valence-corrected chi connectivity index (χ0v) is 12.9. The Kier molecular flexibility index (Phi) is 4.24. The molecule has 0 aliphatic rings. The van der Waals surface area contributed by atoms with Crippen molar-refractivity contribution in [2.24, 2.45) is 5.73 Å². The summed E-state index contributed by atoms with van der Waals surface area (Å²) in [5, 5.41) is 0. The highest BCUT2D eigenvalue weighted by molar-refractivity contribution is 7.99. The molecule has 2 rings (SSSR count). The van der Waals surface area contributed by atoms with Gasteiger partial charge in [-0.15, -0.1) is 0 Å². The van der Waals surface area contributed by atoms with E-state index in [0.29, 0.717) is 16.1 Å². The van der Waals surface area contributed by atoms with Gasteiger partial charge in [0.15, 0.2) is 9.84 Å². The number of sulfone groups is 1. The first-order valence-electron chi connectivity index (χ1n) is 5.94. The van der Waals surface area contributed by atoms with Crippen LogP contribution in [0.3, 0.4) is 0 Å². The van der Waals surface area contributed by atoms with Crippen molar-refractivity contribution >= 4 is 33.2 Å². The van der Waals surface area contributed by atoms with E-state index in [1.807, 2.05) is 0 Å². The minimum Gasteiger partial charge on any atom is -0.399 e. The Morgan fingerprint density at radius 2 is 1.71 bits per heavy atom. The van der Waals surface area contributed by atoms with Crippen LogP contribution in [0.1, 0.15) is 10.4 Å². The average Bonchev–Trinajstić information content (AvgIpc) is 2.40. The lowest BCUT2D eigenvalue weighted by atomic mass is 10.2. The molecule has 2 aromatic carbocycles. The van der Waals surface area contributed by atoms with Crippen molar-refractivity contribution in [3.05, 3.63) is 48.0 Å². The van der Waals surface area contributed by atoms with E-state index in [4.69, 9.17) is 11.5 Å². The van der Waals surface area contributed by atoms with Gasteiger partial charge in [0.25, 0.3) is 0 Å². The fraction of sp³-hybridized carbons (Fsp3) is 0.0714. The largest absolute Gasteiger partial charge is 0.399 e. The van der Waals surface area contributed by atoms with E-state index in [0.717, 1.165) is 11.2 Å². The van der Waals surface area contributed by atoms with Crippen molar-refractivity contribution in [2.45, 2.75) is 14.7 Å². The van der Waals surface area contributed by atoms with Gasteiger partial charge in [-0.2, -0.15) is 0 Å². The third-order valence-electron chi connectivity index (χ3n) is 2.75. The summed E-state index contributed by atoms with van der Waals surface area (Å²) in [5.41, 5.74) is 11.8. The van der Waals surface area contributed by atoms with Gasteiger partial charge in [0.2, 0.25) is 5.91 Å². The standard InChI is InChI=1S/C14H14N2O3S2/c1-21(18,19)11-5-3-10(4-6-11)20-13-7-2-9(15)8-12(13)14(16)17/h2-8H,15H2,1H3,(H2,16,17). The molecule has 0 heterocycles. The number of hydrogen-bond acceptors (Lipinski definition) is 5. The molecule has 0 aromatic heterocycles. The van der Waals surface area contributed by atoms with Gasteiger partial charge in [0.05, 0.1) is 10.5 Å². The Hall–Kier alpha value is -1.99. The molecule has 0 aliphatic heterocycles. The van der Waals surface area contributed by atoms with Crippen LogP contribution >= 0.6 is 11.8 Å². The number of carbonyl (C=O) groups excluding carboxylic acids is 1. The maximum absolute atomic E-state index is 11.4. The molecule has 0 atom stereocenters.